The van der Waals surface area contributed by atoms with Gasteiger partial charge in [0.05, 0.1) is 11.9 Å². The highest BCUT2D eigenvalue weighted by molar-refractivity contribution is 5.40. The Hall–Kier alpha value is -2.07. The highest BCUT2D eigenvalue weighted by atomic mass is 16.5. The summed E-state index contributed by atoms with van der Waals surface area (Å²) in [6.07, 6.45) is 7.75. The van der Waals surface area contributed by atoms with Crippen molar-refractivity contribution in [2.24, 2.45) is 0 Å². The first-order valence-corrected chi connectivity index (χ1v) is 7.45. The summed E-state index contributed by atoms with van der Waals surface area (Å²) >= 11 is 0. The lowest BCUT2D eigenvalue weighted by molar-refractivity contribution is 0.388. The number of nitrogens with zero attached hydrogens (tertiary/aromatic N) is 1. The standard InChI is InChI=1S/C17H22N2O2/c1-2-3-4-5-6-14-7-10-16(11-8-14)21-17-12-9-15(19-20)13-18-17/h7-13,19-20H,2-6H2,1H3. The summed E-state index contributed by atoms with van der Waals surface area (Å²) in [7, 11) is 0. The molecule has 0 spiro atoms. The molecule has 0 saturated heterocycles. The van der Waals surface area contributed by atoms with Crippen molar-refractivity contribution in [2.75, 3.05) is 5.48 Å². The molecule has 1 aromatic carbocycles. The van der Waals surface area contributed by atoms with E-state index in [1.807, 2.05) is 17.6 Å². The zero-order valence-corrected chi connectivity index (χ0v) is 12.4. The van der Waals surface area contributed by atoms with Crippen LogP contribution in [-0.2, 0) is 6.42 Å². The number of benzene rings is 1. The number of anilines is 1. The Morgan fingerprint density at radius 2 is 1.86 bits per heavy atom. The van der Waals surface area contributed by atoms with Crippen molar-refractivity contribution in [3.63, 3.8) is 0 Å². The summed E-state index contributed by atoms with van der Waals surface area (Å²) in [6, 6.07) is 11.5. The van der Waals surface area contributed by atoms with Crippen LogP contribution >= 0.6 is 0 Å². The molecule has 0 atom stereocenters. The molecule has 0 aliphatic rings. The average Bonchev–Trinajstić information content (AvgIpc) is 2.54. The highest BCUT2D eigenvalue weighted by Crippen LogP contribution is 2.21. The van der Waals surface area contributed by atoms with Crippen molar-refractivity contribution in [1.82, 2.24) is 4.98 Å². The minimum absolute atomic E-state index is 0.504. The van der Waals surface area contributed by atoms with Gasteiger partial charge in [-0.25, -0.2) is 4.98 Å². The van der Waals surface area contributed by atoms with Gasteiger partial charge in [0.1, 0.15) is 5.75 Å². The van der Waals surface area contributed by atoms with Crippen LogP contribution in [0.5, 0.6) is 11.6 Å². The van der Waals surface area contributed by atoms with E-state index in [9.17, 15) is 0 Å². The number of aryl methyl sites for hydroxylation is 1. The molecule has 0 bridgehead atoms. The van der Waals surface area contributed by atoms with Gasteiger partial charge in [-0.05, 0) is 36.6 Å². The summed E-state index contributed by atoms with van der Waals surface area (Å²) in [5.41, 5.74) is 3.91. The molecule has 112 valence electrons. The second-order valence-electron chi connectivity index (χ2n) is 5.05. The smallest absolute Gasteiger partial charge is 0.219 e. The minimum Gasteiger partial charge on any atom is -0.439 e. The summed E-state index contributed by atoms with van der Waals surface area (Å²) in [6.45, 7) is 2.23. The Morgan fingerprint density at radius 3 is 2.48 bits per heavy atom. The Labute approximate surface area is 125 Å². The number of hydrogen-bond acceptors (Lipinski definition) is 4. The van der Waals surface area contributed by atoms with Crippen LogP contribution in [0.3, 0.4) is 0 Å². The van der Waals surface area contributed by atoms with E-state index in [1.54, 1.807) is 12.1 Å². The Morgan fingerprint density at radius 1 is 1.05 bits per heavy atom. The van der Waals surface area contributed by atoms with Gasteiger partial charge in [0.25, 0.3) is 0 Å². The first kappa shape index (κ1) is 15.3. The third kappa shape index (κ3) is 5.08. The van der Waals surface area contributed by atoms with Crippen LogP contribution in [0.4, 0.5) is 5.69 Å². The highest BCUT2D eigenvalue weighted by Gasteiger charge is 2.00. The number of hydrogen-bond donors (Lipinski definition) is 2. The molecule has 2 N–H and O–H groups in total. The van der Waals surface area contributed by atoms with Crippen molar-refractivity contribution in [3.8, 4) is 11.6 Å². The maximum absolute atomic E-state index is 8.72. The monoisotopic (exact) mass is 286 g/mol. The van der Waals surface area contributed by atoms with Crippen LogP contribution < -0.4 is 10.2 Å². The lowest BCUT2D eigenvalue weighted by Crippen LogP contribution is -1.92. The SMILES string of the molecule is CCCCCCc1ccc(Oc2ccc(NO)cn2)cc1. The molecule has 2 aromatic rings. The zero-order valence-electron chi connectivity index (χ0n) is 12.4. The predicted molar refractivity (Wildman–Crippen MR) is 84.0 cm³/mol. The number of rotatable bonds is 8. The van der Waals surface area contributed by atoms with Gasteiger partial charge in [-0.15, -0.1) is 0 Å². The molecule has 0 aliphatic heterocycles. The Kier molecular flexibility index (Phi) is 6.03. The van der Waals surface area contributed by atoms with Gasteiger partial charge in [0.2, 0.25) is 5.88 Å². The van der Waals surface area contributed by atoms with Crippen LogP contribution in [0.1, 0.15) is 38.2 Å². The van der Waals surface area contributed by atoms with Crippen LogP contribution in [0.15, 0.2) is 42.6 Å². The van der Waals surface area contributed by atoms with Gasteiger partial charge in [-0.1, -0.05) is 38.3 Å². The lowest BCUT2D eigenvalue weighted by Gasteiger charge is -2.07. The fourth-order valence-corrected chi connectivity index (χ4v) is 2.11. The zero-order chi connectivity index (χ0) is 14.9. The van der Waals surface area contributed by atoms with E-state index in [4.69, 9.17) is 9.94 Å². The van der Waals surface area contributed by atoms with Crippen molar-refractivity contribution < 1.29 is 9.94 Å². The first-order chi connectivity index (χ1) is 10.3. The van der Waals surface area contributed by atoms with Gasteiger partial charge in [-0.3, -0.25) is 10.7 Å². The molecule has 4 heteroatoms. The van der Waals surface area contributed by atoms with Gasteiger partial charge in [-0.2, -0.15) is 0 Å². The van der Waals surface area contributed by atoms with Crippen LogP contribution in [0.2, 0.25) is 0 Å². The summed E-state index contributed by atoms with van der Waals surface area (Å²) in [4.78, 5) is 4.09. The maximum Gasteiger partial charge on any atom is 0.219 e. The third-order valence-corrected chi connectivity index (χ3v) is 3.33. The Balaban J connectivity index is 1.86. The molecule has 0 amide bonds. The number of ether oxygens (including phenoxy) is 1. The molecule has 0 unspecified atom stereocenters. The number of unbranched alkanes of at least 4 members (excludes halogenated alkanes) is 3. The normalized spacial score (nSPS) is 10.4. The minimum atomic E-state index is 0.504. The quantitative estimate of drug-likeness (QED) is 0.540. The van der Waals surface area contributed by atoms with E-state index in [-0.39, 0.29) is 0 Å². The molecule has 2 rings (SSSR count). The third-order valence-electron chi connectivity index (χ3n) is 3.33. The maximum atomic E-state index is 8.72. The molecular formula is C17H22N2O2. The van der Waals surface area contributed by atoms with Crippen LogP contribution in [-0.4, -0.2) is 10.2 Å². The van der Waals surface area contributed by atoms with Gasteiger partial charge >= 0.3 is 0 Å². The second-order valence-corrected chi connectivity index (χ2v) is 5.05. The number of nitrogens with one attached hydrogen (secondary N) is 1. The van der Waals surface area contributed by atoms with E-state index >= 15 is 0 Å². The van der Waals surface area contributed by atoms with Gasteiger partial charge in [0.15, 0.2) is 0 Å². The van der Waals surface area contributed by atoms with E-state index in [0.717, 1.165) is 12.2 Å². The van der Waals surface area contributed by atoms with Crippen LogP contribution in [0, 0.1) is 0 Å². The fraction of sp³-hybridized carbons (Fsp3) is 0.353. The molecule has 1 heterocycles. The largest absolute Gasteiger partial charge is 0.439 e. The second kappa shape index (κ2) is 8.27. The predicted octanol–water partition coefficient (Wildman–Crippen LogP) is 4.80. The van der Waals surface area contributed by atoms with Crippen LogP contribution in [0.25, 0.3) is 0 Å². The molecular weight excluding hydrogens is 264 g/mol. The van der Waals surface area contributed by atoms with Crippen molar-refractivity contribution in [2.45, 2.75) is 39.0 Å². The van der Waals surface area contributed by atoms with Gasteiger partial charge < -0.3 is 4.74 Å². The number of aromatic nitrogens is 1. The fourth-order valence-electron chi connectivity index (χ4n) is 2.11. The van der Waals surface area contributed by atoms with E-state index < -0.39 is 0 Å². The number of pyridine rings is 1. The molecule has 0 radical (unpaired) electrons. The molecule has 0 fully saturated rings. The molecule has 1 aromatic heterocycles. The molecule has 21 heavy (non-hydrogen) atoms. The van der Waals surface area contributed by atoms with E-state index in [1.165, 1.54) is 37.4 Å². The summed E-state index contributed by atoms with van der Waals surface area (Å²) in [5.74, 6) is 1.27. The Bertz CT molecular complexity index is 523. The van der Waals surface area contributed by atoms with E-state index in [0.29, 0.717) is 11.6 Å². The average molecular weight is 286 g/mol. The van der Waals surface area contributed by atoms with E-state index in [2.05, 4.69) is 24.0 Å². The van der Waals surface area contributed by atoms with Crippen molar-refractivity contribution in [3.05, 3.63) is 48.2 Å². The molecule has 4 nitrogen and oxygen atoms in total. The van der Waals surface area contributed by atoms with Crippen molar-refractivity contribution >= 4 is 5.69 Å². The summed E-state index contributed by atoms with van der Waals surface area (Å²) < 4.78 is 5.66. The van der Waals surface area contributed by atoms with Crippen molar-refractivity contribution in [1.29, 1.82) is 0 Å². The molecule has 0 aliphatic carbocycles. The topological polar surface area (TPSA) is 54.4 Å². The summed E-state index contributed by atoms with van der Waals surface area (Å²) in [5, 5.41) is 8.72. The lowest BCUT2D eigenvalue weighted by atomic mass is 10.1. The van der Waals surface area contributed by atoms with Gasteiger partial charge in [0, 0.05) is 6.07 Å². The molecule has 0 saturated carbocycles. The first-order valence-electron chi connectivity index (χ1n) is 7.45.